The average Bonchev–Trinajstić information content (AvgIpc) is 3.18. The lowest BCUT2D eigenvalue weighted by Gasteiger charge is -2.66. The maximum Gasteiger partial charge on any atom is 0.186 e. The van der Waals surface area contributed by atoms with Crippen molar-refractivity contribution in [3.05, 3.63) is 11.6 Å². The lowest BCUT2D eigenvalue weighted by atomic mass is 9.40. The Kier molecular flexibility index (Phi) is 9.75. The van der Waals surface area contributed by atoms with Crippen molar-refractivity contribution >= 4 is 0 Å². The fourth-order valence-electron chi connectivity index (χ4n) is 11.4. The Morgan fingerprint density at radius 1 is 0.978 bits per heavy atom. The zero-order valence-electron chi connectivity index (χ0n) is 28.6. The number of ether oxygens (including phenoxy) is 2. The van der Waals surface area contributed by atoms with Crippen LogP contribution in [0.1, 0.15) is 87.0 Å². The molecule has 16 atom stereocenters. The molecule has 3 saturated carbocycles. The summed E-state index contributed by atoms with van der Waals surface area (Å²) in [4.78, 5) is 0. The van der Waals surface area contributed by atoms with Gasteiger partial charge in [0.1, 0.15) is 24.4 Å². The van der Waals surface area contributed by atoms with Gasteiger partial charge in [0, 0.05) is 11.3 Å². The van der Waals surface area contributed by atoms with Gasteiger partial charge in [0.05, 0.1) is 43.2 Å². The van der Waals surface area contributed by atoms with Crippen LogP contribution in [0.3, 0.4) is 0 Å². The van der Waals surface area contributed by atoms with Crippen LogP contribution in [-0.2, 0) is 9.47 Å². The summed E-state index contributed by atoms with van der Waals surface area (Å²) in [5.41, 5.74) is -2.54. The Hall–Kier alpha value is -0.700. The minimum absolute atomic E-state index is 0.100. The highest BCUT2D eigenvalue weighted by atomic mass is 16.7. The summed E-state index contributed by atoms with van der Waals surface area (Å²) in [6, 6.07) is 0. The van der Waals surface area contributed by atoms with Gasteiger partial charge in [-0.1, -0.05) is 46.3 Å². The number of aliphatic hydroxyl groups excluding tert-OH is 8. The molecule has 0 aromatic rings. The molecule has 0 aromatic carbocycles. The first-order valence-corrected chi connectivity index (χ1v) is 17.2. The van der Waals surface area contributed by atoms with Crippen LogP contribution in [0.5, 0.6) is 0 Å². The molecule has 1 aliphatic heterocycles. The van der Waals surface area contributed by atoms with E-state index in [2.05, 4.69) is 19.9 Å². The quantitative estimate of drug-likeness (QED) is 0.133. The lowest BCUT2D eigenvalue weighted by Crippen LogP contribution is -2.65. The second-order valence-corrected chi connectivity index (χ2v) is 17.3. The Morgan fingerprint density at radius 3 is 2.24 bits per heavy atom. The van der Waals surface area contributed by atoms with Crippen molar-refractivity contribution in [2.75, 3.05) is 13.2 Å². The van der Waals surface area contributed by atoms with E-state index < -0.39 is 82.4 Å². The molecule has 11 heteroatoms. The van der Waals surface area contributed by atoms with Gasteiger partial charge < -0.3 is 55.4 Å². The van der Waals surface area contributed by atoms with Crippen LogP contribution in [0, 0.1) is 45.3 Å². The Bertz CT molecular complexity index is 1140. The van der Waals surface area contributed by atoms with E-state index >= 15 is 0 Å². The van der Waals surface area contributed by atoms with Crippen LogP contribution in [0.4, 0.5) is 0 Å². The van der Waals surface area contributed by atoms with Crippen molar-refractivity contribution in [2.45, 2.75) is 148 Å². The van der Waals surface area contributed by atoms with Crippen LogP contribution in [0.25, 0.3) is 0 Å². The summed E-state index contributed by atoms with van der Waals surface area (Å²) in [6.07, 6.45) is -4.45. The standard InChI is InChI=1S/C35H60O11/c1-17(12-21(38)29(43)32(4,5)44)25-22(39)14-34(7)19-13-20(37)28-31(2,3)24(46-30-27(42)26(41)23(40)15-45-30)9-11-35(28,16-36)18(19)8-10-33(25,34)6/h8,17,19-30,36-44H,9-16H2,1-7H3. The van der Waals surface area contributed by atoms with Gasteiger partial charge in [-0.05, 0) is 86.4 Å². The third-order valence-electron chi connectivity index (χ3n) is 13.8. The maximum atomic E-state index is 12.0. The van der Waals surface area contributed by atoms with E-state index in [1.165, 1.54) is 13.8 Å². The van der Waals surface area contributed by atoms with Gasteiger partial charge >= 0.3 is 0 Å². The topological polar surface area (TPSA) is 201 Å². The van der Waals surface area contributed by atoms with E-state index in [4.69, 9.17) is 9.47 Å². The molecule has 46 heavy (non-hydrogen) atoms. The maximum absolute atomic E-state index is 12.0. The molecule has 266 valence electrons. The average molecular weight is 657 g/mol. The minimum Gasteiger partial charge on any atom is -0.395 e. The summed E-state index contributed by atoms with van der Waals surface area (Å²) >= 11 is 0. The van der Waals surface area contributed by atoms with Gasteiger partial charge in [-0.15, -0.1) is 0 Å². The molecule has 9 N–H and O–H groups in total. The van der Waals surface area contributed by atoms with E-state index in [1.807, 2.05) is 20.8 Å². The third-order valence-corrected chi connectivity index (χ3v) is 13.8. The first-order chi connectivity index (χ1) is 21.2. The van der Waals surface area contributed by atoms with E-state index in [9.17, 15) is 46.0 Å². The molecule has 5 aliphatic rings. The van der Waals surface area contributed by atoms with Gasteiger partial charge in [0.2, 0.25) is 0 Å². The molecule has 0 aromatic heterocycles. The molecule has 1 heterocycles. The fourth-order valence-corrected chi connectivity index (χ4v) is 11.4. The van der Waals surface area contributed by atoms with E-state index in [-0.39, 0.29) is 43.3 Å². The third kappa shape index (κ3) is 5.44. The lowest BCUT2D eigenvalue weighted by molar-refractivity contribution is -0.307. The molecule has 5 rings (SSSR count). The number of allylic oxidation sites excluding steroid dienone is 1. The van der Waals surface area contributed by atoms with E-state index in [0.29, 0.717) is 32.1 Å². The summed E-state index contributed by atoms with van der Waals surface area (Å²) in [7, 11) is 0. The molecule has 1 saturated heterocycles. The summed E-state index contributed by atoms with van der Waals surface area (Å²) in [6.45, 7) is 13.0. The molecular formula is C35H60O11. The van der Waals surface area contributed by atoms with Crippen LogP contribution in [0.15, 0.2) is 11.6 Å². The molecule has 4 fully saturated rings. The monoisotopic (exact) mass is 656 g/mol. The molecular weight excluding hydrogens is 596 g/mol. The molecule has 16 unspecified atom stereocenters. The molecule has 0 radical (unpaired) electrons. The van der Waals surface area contributed by atoms with Crippen LogP contribution in [0.2, 0.25) is 0 Å². The zero-order chi connectivity index (χ0) is 34.4. The number of aliphatic hydroxyl groups is 9. The predicted octanol–water partition coefficient (Wildman–Crippen LogP) is 0.849. The number of fused-ring (bicyclic) bond motifs is 5. The highest BCUT2D eigenvalue weighted by Crippen LogP contribution is 2.73. The second-order valence-electron chi connectivity index (χ2n) is 17.3. The summed E-state index contributed by atoms with van der Waals surface area (Å²) < 4.78 is 11.9. The first-order valence-electron chi connectivity index (χ1n) is 17.2. The van der Waals surface area contributed by atoms with Crippen molar-refractivity contribution in [3.8, 4) is 0 Å². The first kappa shape index (κ1) is 36.6. The number of rotatable bonds is 8. The molecule has 0 spiro atoms. The number of hydrogen-bond acceptors (Lipinski definition) is 11. The summed E-state index contributed by atoms with van der Waals surface area (Å²) in [5, 5.41) is 97.2. The molecule has 4 aliphatic carbocycles. The Balaban J connectivity index is 1.43. The van der Waals surface area contributed by atoms with E-state index in [1.54, 1.807) is 0 Å². The van der Waals surface area contributed by atoms with Gasteiger partial charge in [0.15, 0.2) is 6.29 Å². The molecule has 11 nitrogen and oxygen atoms in total. The van der Waals surface area contributed by atoms with Crippen LogP contribution in [-0.4, -0.2) is 120 Å². The van der Waals surface area contributed by atoms with Gasteiger partial charge in [-0.3, -0.25) is 0 Å². The SMILES string of the molecule is CC(CC(O)C(O)C(C)(C)O)C1C(O)CC2(C)C3CC(O)C4C(CO)(CCC(OC5OCC(O)C(O)C5O)C4(C)C)C3=CCC12C. The minimum atomic E-state index is -1.47. The summed E-state index contributed by atoms with van der Waals surface area (Å²) in [5.74, 6) is -0.845. The highest BCUT2D eigenvalue weighted by molar-refractivity contribution is 5.35. The van der Waals surface area contributed by atoms with Gasteiger partial charge in [0.25, 0.3) is 0 Å². The van der Waals surface area contributed by atoms with Crippen molar-refractivity contribution in [1.82, 2.24) is 0 Å². The number of hydrogen-bond donors (Lipinski definition) is 9. The van der Waals surface area contributed by atoms with Crippen molar-refractivity contribution < 1.29 is 55.4 Å². The smallest absolute Gasteiger partial charge is 0.186 e. The predicted molar refractivity (Wildman–Crippen MR) is 168 cm³/mol. The van der Waals surface area contributed by atoms with Crippen LogP contribution < -0.4 is 0 Å². The second kappa shape index (κ2) is 12.3. The van der Waals surface area contributed by atoms with Crippen molar-refractivity contribution in [3.63, 3.8) is 0 Å². The van der Waals surface area contributed by atoms with Gasteiger partial charge in [-0.2, -0.15) is 0 Å². The van der Waals surface area contributed by atoms with Gasteiger partial charge in [-0.25, -0.2) is 0 Å². The van der Waals surface area contributed by atoms with E-state index in [0.717, 1.165) is 5.57 Å². The Morgan fingerprint density at radius 2 is 1.63 bits per heavy atom. The van der Waals surface area contributed by atoms with Crippen molar-refractivity contribution in [1.29, 1.82) is 0 Å². The van der Waals surface area contributed by atoms with Crippen LogP contribution >= 0.6 is 0 Å². The fraction of sp³-hybridized carbons (Fsp3) is 0.943. The molecule has 0 bridgehead atoms. The largest absolute Gasteiger partial charge is 0.395 e. The zero-order valence-corrected chi connectivity index (χ0v) is 28.6. The van der Waals surface area contributed by atoms with Crippen molar-refractivity contribution in [2.24, 2.45) is 45.3 Å². The Labute approximate surface area is 273 Å². The molecule has 0 amide bonds. The normalized spacial score (nSPS) is 49.3. The highest BCUT2D eigenvalue weighted by Gasteiger charge is 2.70.